The molecule has 1 aliphatic carbocycles. The summed E-state index contributed by atoms with van der Waals surface area (Å²) >= 11 is 0. The van der Waals surface area contributed by atoms with Crippen molar-refractivity contribution >= 4 is 5.97 Å². The molecule has 1 saturated carbocycles. The van der Waals surface area contributed by atoms with E-state index in [4.69, 9.17) is 4.74 Å². The van der Waals surface area contributed by atoms with E-state index >= 15 is 0 Å². The second-order valence-corrected chi connectivity index (χ2v) is 4.62. The van der Waals surface area contributed by atoms with E-state index in [-0.39, 0.29) is 12.1 Å². The molecule has 2 heteroatoms. The first-order valence-corrected chi connectivity index (χ1v) is 5.83. The molecule has 0 amide bonds. The van der Waals surface area contributed by atoms with E-state index in [9.17, 15) is 4.79 Å². The molecule has 0 unspecified atom stereocenters. The first kappa shape index (κ1) is 11.5. The quantitative estimate of drug-likeness (QED) is 0.651. The minimum Gasteiger partial charge on any atom is -0.462 e. The van der Waals surface area contributed by atoms with Crippen LogP contribution in [0, 0.1) is 11.8 Å². The Morgan fingerprint density at radius 2 is 1.86 bits per heavy atom. The summed E-state index contributed by atoms with van der Waals surface area (Å²) in [6.07, 6.45) is 5.28. The Morgan fingerprint density at radius 3 is 2.29 bits per heavy atom. The van der Waals surface area contributed by atoms with Gasteiger partial charge < -0.3 is 4.74 Å². The molecule has 14 heavy (non-hydrogen) atoms. The topological polar surface area (TPSA) is 26.3 Å². The predicted molar refractivity (Wildman–Crippen MR) is 57.0 cm³/mol. The fourth-order valence-electron chi connectivity index (χ4n) is 2.14. The average Bonchev–Trinajstić information content (AvgIpc) is 2.18. The van der Waals surface area contributed by atoms with E-state index in [1.807, 2.05) is 6.92 Å². The number of ether oxygens (including phenoxy) is 1. The number of carbonyl (C=O) groups excluding carboxylic acids is 1. The lowest BCUT2D eigenvalue weighted by Crippen LogP contribution is -2.26. The van der Waals surface area contributed by atoms with Crippen molar-refractivity contribution in [2.45, 2.75) is 59.0 Å². The van der Waals surface area contributed by atoms with Gasteiger partial charge >= 0.3 is 5.97 Å². The van der Waals surface area contributed by atoms with E-state index in [0.717, 1.165) is 24.7 Å². The van der Waals surface area contributed by atoms with Crippen LogP contribution >= 0.6 is 0 Å². The maximum atomic E-state index is 11.1. The van der Waals surface area contributed by atoms with Crippen LogP contribution in [-0.2, 0) is 9.53 Å². The molecule has 0 N–H and O–H groups in total. The summed E-state index contributed by atoms with van der Waals surface area (Å²) in [5.41, 5.74) is 0. The number of esters is 1. The van der Waals surface area contributed by atoms with Gasteiger partial charge in [-0.3, -0.25) is 4.79 Å². The van der Waals surface area contributed by atoms with Gasteiger partial charge in [0.2, 0.25) is 0 Å². The van der Waals surface area contributed by atoms with E-state index in [2.05, 4.69) is 13.8 Å². The van der Waals surface area contributed by atoms with Crippen molar-refractivity contribution in [2.24, 2.45) is 11.8 Å². The zero-order valence-electron chi connectivity index (χ0n) is 9.58. The Hall–Kier alpha value is -0.530. The third kappa shape index (κ3) is 3.32. The molecule has 2 nitrogen and oxygen atoms in total. The van der Waals surface area contributed by atoms with Crippen LogP contribution in [0.25, 0.3) is 0 Å². The second-order valence-electron chi connectivity index (χ2n) is 4.62. The zero-order valence-corrected chi connectivity index (χ0v) is 9.58. The summed E-state index contributed by atoms with van der Waals surface area (Å²) < 4.78 is 5.33. The van der Waals surface area contributed by atoms with E-state index in [1.165, 1.54) is 12.8 Å². The molecule has 1 aliphatic rings. The average molecular weight is 198 g/mol. The Balaban J connectivity index is 2.25. The van der Waals surface area contributed by atoms with Crippen molar-refractivity contribution in [3.05, 3.63) is 0 Å². The van der Waals surface area contributed by atoms with Crippen molar-refractivity contribution in [1.82, 2.24) is 0 Å². The van der Waals surface area contributed by atoms with Gasteiger partial charge in [-0.25, -0.2) is 0 Å². The maximum Gasteiger partial charge on any atom is 0.305 e. The number of hydrogen-bond donors (Lipinski definition) is 0. The van der Waals surface area contributed by atoms with Crippen molar-refractivity contribution in [1.29, 1.82) is 0 Å². The molecule has 82 valence electrons. The lowest BCUT2D eigenvalue weighted by Gasteiger charge is -2.30. The summed E-state index contributed by atoms with van der Waals surface area (Å²) in [4.78, 5) is 11.1. The van der Waals surface area contributed by atoms with Crippen LogP contribution < -0.4 is 0 Å². The summed E-state index contributed by atoms with van der Waals surface area (Å²) in [5, 5.41) is 0. The van der Waals surface area contributed by atoms with E-state index in [1.54, 1.807) is 0 Å². The van der Waals surface area contributed by atoms with Crippen LogP contribution in [0.1, 0.15) is 52.9 Å². The number of hydrogen-bond acceptors (Lipinski definition) is 2. The van der Waals surface area contributed by atoms with Crippen LogP contribution in [-0.4, -0.2) is 12.1 Å². The molecular formula is C12H22O2. The highest BCUT2D eigenvalue weighted by Gasteiger charge is 2.24. The van der Waals surface area contributed by atoms with Gasteiger partial charge in [0, 0.05) is 6.42 Å². The molecule has 0 bridgehead atoms. The first-order valence-electron chi connectivity index (χ1n) is 5.83. The predicted octanol–water partition coefficient (Wildman–Crippen LogP) is 3.15. The molecule has 0 spiro atoms. The Bertz CT molecular complexity index is 179. The normalized spacial score (nSPS) is 27.7. The summed E-state index contributed by atoms with van der Waals surface area (Å²) in [6.45, 7) is 6.41. The molecule has 0 aliphatic heterocycles. The molecule has 0 aromatic heterocycles. The molecule has 1 fully saturated rings. The van der Waals surface area contributed by atoms with Crippen molar-refractivity contribution in [3.8, 4) is 0 Å². The minimum absolute atomic E-state index is 0.0435. The first-order chi connectivity index (χ1) is 6.63. The fourth-order valence-corrected chi connectivity index (χ4v) is 2.14. The van der Waals surface area contributed by atoms with Gasteiger partial charge in [-0.15, -0.1) is 0 Å². The van der Waals surface area contributed by atoms with Gasteiger partial charge in [-0.1, -0.05) is 20.8 Å². The van der Waals surface area contributed by atoms with Gasteiger partial charge in [0.1, 0.15) is 6.10 Å². The number of rotatable bonds is 3. The number of carbonyl (C=O) groups is 1. The van der Waals surface area contributed by atoms with Crippen molar-refractivity contribution in [3.63, 3.8) is 0 Å². The molecule has 0 atom stereocenters. The van der Waals surface area contributed by atoms with E-state index < -0.39 is 0 Å². The van der Waals surface area contributed by atoms with E-state index in [0.29, 0.717) is 6.42 Å². The van der Waals surface area contributed by atoms with Gasteiger partial charge in [-0.2, -0.15) is 0 Å². The van der Waals surface area contributed by atoms with Crippen LogP contribution in [0.15, 0.2) is 0 Å². The minimum atomic E-state index is -0.0435. The van der Waals surface area contributed by atoms with Crippen LogP contribution in [0.3, 0.4) is 0 Å². The Labute approximate surface area is 87.0 Å². The standard InChI is InChI=1S/C12H22O2/c1-4-12(13)14-11-7-5-10(6-8-11)9(2)3/h9-11H,4-8H2,1-3H3. The largest absolute Gasteiger partial charge is 0.462 e. The Morgan fingerprint density at radius 1 is 1.29 bits per heavy atom. The van der Waals surface area contributed by atoms with Gasteiger partial charge in [0.05, 0.1) is 0 Å². The third-order valence-corrected chi connectivity index (χ3v) is 3.25. The van der Waals surface area contributed by atoms with Gasteiger partial charge in [-0.05, 0) is 37.5 Å². The van der Waals surface area contributed by atoms with Gasteiger partial charge in [0.15, 0.2) is 0 Å². The summed E-state index contributed by atoms with van der Waals surface area (Å²) in [7, 11) is 0. The molecule has 0 saturated heterocycles. The van der Waals surface area contributed by atoms with Crippen LogP contribution in [0.4, 0.5) is 0 Å². The highest BCUT2D eigenvalue weighted by molar-refractivity contribution is 5.69. The SMILES string of the molecule is CCC(=O)OC1CCC(C(C)C)CC1. The van der Waals surface area contributed by atoms with Crippen LogP contribution in [0.2, 0.25) is 0 Å². The molecule has 1 rings (SSSR count). The zero-order chi connectivity index (χ0) is 10.6. The molecular weight excluding hydrogens is 176 g/mol. The summed E-state index contributed by atoms with van der Waals surface area (Å²) in [6, 6.07) is 0. The highest BCUT2D eigenvalue weighted by atomic mass is 16.5. The summed E-state index contributed by atoms with van der Waals surface area (Å²) in [5.74, 6) is 1.57. The fraction of sp³-hybridized carbons (Fsp3) is 0.917. The smallest absolute Gasteiger partial charge is 0.305 e. The molecule has 0 aromatic rings. The van der Waals surface area contributed by atoms with Gasteiger partial charge in [0.25, 0.3) is 0 Å². The van der Waals surface area contributed by atoms with Crippen LogP contribution in [0.5, 0.6) is 0 Å². The van der Waals surface area contributed by atoms with Crippen molar-refractivity contribution < 1.29 is 9.53 Å². The lowest BCUT2D eigenvalue weighted by atomic mass is 9.80. The molecule has 0 heterocycles. The van der Waals surface area contributed by atoms with Crippen molar-refractivity contribution in [2.75, 3.05) is 0 Å². The second kappa shape index (κ2) is 5.38. The molecule has 0 aromatic carbocycles. The lowest BCUT2D eigenvalue weighted by molar-refractivity contribution is -0.150. The highest BCUT2D eigenvalue weighted by Crippen LogP contribution is 2.31. The third-order valence-electron chi connectivity index (χ3n) is 3.25. The Kier molecular flexibility index (Phi) is 4.43. The molecule has 0 radical (unpaired) electrons. The monoisotopic (exact) mass is 198 g/mol. The maximum absolute atomic E-state index is 11.1.